The fourth-order valence-corrected chi connectivity index (χ4v) is 2.36. The van der Waals surface area contributed by atoms with Gasteiger partial charge < -0.3 is 14.5 Å². The van der Waals surface area contributed by atoms with Gasteiger partial charge in [0, 0.05) is 19.1 Å². The lowest BCUT2D eigenvalue weighted by Crippen LogP contribution is -2.47. The van der Waals surface area contributed by atoms with Crippen LogP contribution < -0.4 is 0 Å². The van der Waals surface area contributed by atoms with E-state index in [-0.39, 0.29) is 11.9 Å². The van der Waals surface area contributed by atoms with E-state index in [1.807, 2.05) is 13.8 Å². The lowest BCUT2D eigenvalue weighted by atomic mass is 10.0. The number of hydrogen-bond donors (Lipinski definition) is 0. The highest BCUT2D eigenvalue weighted by atomic mass is 16.5. The quantitative estimate of drug-likeness (QED) is 0.679. The van der Waals surface area contributed by atoms with Gasteiger partial charge in [-0.05, 0) is 40.4 Å². The summed E-state index contributed by atoms with van der Waals surface area (Å²) >= 11 is 0. The van der Waals surface area contributed by atoms with Crippen LogP contribution in [-0.4, -0.2) is 62.1 Å². The van der Waals surface area contributed by atoms with Crippen molar-refractivity contribution in [2.45, 2.75) is 32.7 Å². The fourth-order valence-electron chi connectivity index (χ4n) is 2.36. The summed E-state index contributed by atoms with van der Waals surface area (Å²) in [6, 6.07) is 0.623. The highest BCUT2D eigenvalue weighted by Gasteiger charge is 2.24. The van der Waals surface area contributed by atoms with Crippen LogP contribution in [0.2, 0.25) is 0 Å². The molecule has 1 aliphatic heterocycles. The van der Waals surface area contributed by atoms with E-state index in [4.69, 9.17) is 4.74 Å². The molecular formula is C13H26N2O2. The van der Waals surface area contributed by atoms with Crippen molar-refractivity contribution in [2.24, 2.45) is 5.92 Å². The molecule has 0 aromatic heterocycles. The number of nitrogens with zero attached hydrogens (tertiary/aromatic N) is 2. The molecule has 0 saturated carbocycles. The molecule has 0 N–H and O–H groups in total. The lowest BCUT2D eigenvalue weighted by molar-refractivity contribution is -0.148. The molecular weight excluding hydrogens is 216 g/mol. The standard InChI is InChI=1S/C13H26N2O2/c1-5-17-13(16)11(2)9-15-8-6-7-12(10-15)14(3)4/h11-12H,5-10H2,1-4H3. The molecule has 0 radical (unpaired) electrons. The van der Waals surface area contributed by atoms with E-state index in [1.54, 1.807) is 0 Å². The molecule has 4 heteroatoms. The van der Waals surface area contributed by atoms with Gasteiger partial charge in [0.2, 0.25) is 0 Å². The molecule has 1 fully saturated rings. The molecule has 1 heterocycles. The van der Waals surface area contributed by atoms with Gasteiger partial charge in [0.1, 0.15) is 0 Å². The molecule has 1 rings (SSSR count). The first kappa shape index (κ1) is 14.5. The second-order valence-electron chi connectivity index (χ2n) is 5.17. The Balaban J connectivity index is 2.37. The van der Waals surface area contributed by atoms with Crippen LogP contribution in [-0.2, 0) is 9.53 Å². The van der Waals surface area contributed by atoms with Crippen molar-refractivity contribution in [3.8, 4) is 0 Å². The first-order valence-corrected chi connectivity index (χ1v) is 6.60. The van der Waals surface area contributed by atoms with Crippen LogP contribution >= 0.6 is 0 Å². The largest absolute Gasteiger partial charge is 0.466 e. The highest BCUT2D eigenvalue weighted by Crippen LogP contribution is 2.15. The molecule has 2 unspecified atom stereocenters. The number of hydrogen-bond acceptors (Lipinski definition) is 4. The van der Waals surface area contributed by atoms with E-state index < -0.39 is 0 Å². The Hall–Kier alpha value is -0.610. The molecule has 0 bridgehead atoms. The van der Waals surface area contributed by atoms with Crippen molar-refractivity contribution < 1.29 is 9.53 Å². The average Bonchev–Trinajstić information content (AvgIpc) is 2.29. The molecule has 100 valence electrons. The average molecular weight is 242 g/mol. The molecule has 0 spiro atoms. The predicted octanol–water partition coefficient (Wildman–Crippen LogP) is 1.21. The zero-order valence-corrected chi connectivity index (χ0v) is 11.6. The number of rotatable bonds is 5. The van der Waals surface area contributed by atoms with Crippen molar-refractivity contribution in [1.82, 2.24) is 9.80 Å². The summed E-state index contributed by atoms with van der Waals surface area (Å²) in [5.41, 5.74) is 0. The van der Waals surface area contributed by atoms with Crippen molar-refractivity contribution in [3.63, 3.8) is 0 Å². The second kappa shape index (κ2) is 6.97. The van der Waals surface area contributed by atoms with Crippen molar-refractivity contribution >= 4 is 5.97 Å². The van der Waals surface area contributed by atoms with Crippen LogP contribution in [0.1, 0.15) is 26.7 Å². The molecule has 1 aliphatic rings. The third-order valence-electron chi connectivity index (χ3n) is 3.43. The van der Waals surface area contributed by atoms with Crippen LogP contribution in [0, 0.1) is 5.92 Å². The first-order valence-electron chi connectivity index (χ1n) is 6.60. The van der Waals surface area contributed by atoms with E-state index in [0.717, 1.165) is 19.6 Å². The zero-order chi connectivity index (χ0) is 12.8. The van der Waals surface area contributed by atoms with Gasteiger partial charge in [0.25, 0.3) is 0 Å². The molecule has 1 saturated heterocycles. The van der Waals surface area contributed by atoms with Crippen molar-refractivity contribution in [2.75, 3.05) is 40.3 Å². The minimum absolute atomic E-state index is 0.0177. The number of carbonyl (C=O) groups is 1. The van der Waals surface area contributed by atoms with E-state index in [0.29, 0.717) is 12.6 Å². The lowest BCUT2D eigenvalue weighted by Gasteiger charge is -2.36. The molecule has 0 amide bonds. The zero-order valence-electron chi connectivity index (χ0n) is 11.6. The Labute approximate surface area is 105 Å². The molecule has 2 atom stereocenters. The minimum Gasteiger partial charge on any atom is -0.466 e. The van der Waals surface area contributed by atoms with Gasteiger partial charge >= 0.3 is 5.97 Å². The summed E-state index contributed by atoms with van der Waals surface area (Å²) < 4.78 is 5.04. The maximum Gasteiger partial charge on any atom is 0.309 e. The first-order chi connectivity index (χ1) is 8.04. The number of ether oxygens (including phenoxy) is 1. The molecule has 0 aliphatic carbocycles. The van der Waals surface area contributed by atoms with Crippen LogP contribution in [0.15, 0.2) is 0 Å². The summed E-state index contributed by atoms with van der Waals surface area (Å²) in [5, 5.41) is 0. The van der Waals surface area contributed by atoms with Gasteiger partial charge in [-0.3, -0.25) is 4.79 Å². The summed E-state index contributed by atoms with van der Waals surface area (Å²) in [6.07, 6.45) is 2.48. The number of likely N-dealkylation sites (N-methyl/N-ethyl adjacent to an activating group) is 1. The van der Waals surface area contributed by atoms with Crippen LogP contribution in [0.5, 0.6) is 0 Å². The van der Waals surface area contributed by atoms with Gasteiger partial charge in [-0.1, -0.05) is 6.92 Å². The maximum absolute atomic E-state index is 11.6. The van der Waals surface area contributed by atoms with E-state index in [1.165, 1.54) is 12.8 Å². The smallest absolute Gasteiger partial charge is 0.309 e. The number of likely N-dealkylation sites (tertiary alicyclic amines) is 1. The predicted molar refractivity (Wildman–Crippen MR) is 68.9 cm³/mol. The maximum atomic E-state index is 11.6. The summed E-state index contributed by atoms with van der Waals surface area (Å²) in [4.78, 5) is 16.2. The monoisotopic (exact) mass is 242 g/mol. The molecule has 0 aromatic carbocycles. The van der Waals surface area contributed by atoms with Gasteiger partial charge in [0.15, 0.2) is 0 Å². The molecule has 4 nitrogen and oxygen atoms in total. The van der Waals surface area contributed by atoms with Crippen LogP contribution in [0.4, 0.5) is 0 Å². The Kier molecular flexibility index (Phi) is 5.92. The summed E-state index contributed by atoms with van der Waals surface area (Å²) in [6.45, 7) is 7.28. The second-order valence-corrected chi connectivity index (χ2v) is 5.17. The van der Waals surface area contributed by atoms with Gasteiger partial charge in [-0.2, -0.15) is 0 Å². The van der Waals surface area contributed by atoms with E-state index in [9.17, 15) is 4.79 Å². The van der Waals surface area contributed by atoms with Crippen LogP contribution in [0.3, 0.4) is 0 Å². The van der Waals surface area contributed by atoms with Gasteiger partial charge in [-0.15, -0.1) is 0 Å². The third-order valence-corrected chi connectivity index (χ3v) is 3.43. The van der Waals surface area contributed by atoms with Crippen molar-refractivity contribution in [3.05, 3.63) is 0 Å². The Morgan fingerprint density at radius 3 is 2.82 bits per heavy atom. The SMILES string of the molecule is CCOC(=O)C(C)CN1CCCC(N(C)C)C1. The summed E-state index contributed by atoms with van der Waals surface area (Å²) in [7, 11) is 4.26. The normalized spacial score (nSPS) is 23.7. The Morgan fingerprint density at radius 1 is 1.53 bits per heavy atom. The fraction of sp³-hybridized carbons (Fsp3) is 0.923. The van der Waals surface area contributed by atoms with Crippen molar-refractivity contribution in [1.29, 1.82) is 0 Å². The van der Waals surface area contributed by atoms with Gasteiger partial charge in [0.05, 0.1) is 12.5 Å². The number of carbonyl (C=O) groups excluding carboxylic acids is 1. The summed E-state index contributed by atoms with van der Waals surface area (Å²) in [5.74, 6) is -0.0876. The van der Waals surface area contributed by atoms with Crippen LogP contribution in [0.25, 0.3) is 0 Å². The molecule has 0 aromatic rings. The number of esters is 1. The highest BCUT2D eigenvalue weighted by molar-refractivity contribution is 5.72. The van der Waals surface area contributed by atoms with E-state index >= 15 is 0 Å². The third kappa shape index (κ3) is 4.64. The molecule has 17 heavy (non-hydrogen) atoms. The topological polar surface area (TPSA) is 32.8 Å². The Morgan fingerprint density at radius 2 is 2.24 bits per heavy atom. The number of piperidine rings is 1. The van der Waals surface area contributed by atoms with Gasteiger partial charge in [-0.25, -0.2) is 0 Å². The minimum atomic E-state index is -0.0699. The Bertz CT molecular complexity index is 244. The van der Waals surface area contributed by atoms with E-state index in [2.05, 4.69) is 23.9 Å².